The van der Waals surface area contributed by atoms with E-state index in [0.717, 1.165) is 52.3 Å². The first kappa shape index (κ1) is 23.1. The molecule has 2 aromatic carbocycles. The quantitative estimate of drug-likeness (QED) is 0.581. The van der Waals surface area contributed by atoms with E-state index in [2.05, 4.69) is 40.4 Å². The van der Waals surface area contributed by atoms with Crippen LogP contribution >= 0.6 is 11.6 Å². The van der Waals surface area contributed by atoms with E-state index in [1.54, 1.807) is 0 Å². The number of halogens is 1. The van der Waals surface area contributed by atoms with Gasteiger partial charge in [-0.1, -0.05) is 22.9 Å². The number of anilines is 1. The number of hydrogen-bond donors (Lipinski definition) is 2. The Morgan fingerprint density at radius 2 is 2.12 bits per heavy atom. The molecule has 8 nitrogen and oxygen atoms in total. The van der Waals surface area contributed by atoms with Crippen molar-refractivity contribution < 1.29 is 9.90 Å². The Morgan fingerprint density at radius 1 is 1.26 bits per heavy atom. The second-order valence-corrected chi connectivity index (χ2v) is 9.78. The lowest BCUT2D eigenvalue weighted by Crippen LogP contribution is -2.59. The number of rotatable bonds is 5. The number of nitrogens with zero attached hydrogens (tertiary/aromatic N) is 5. The van der Waals surface area contributed by atoms with E-state index < -0.39 is 0 Å². The summed E-state index contributed by atoms with van der Waals surface area (Å²) in [6.07, 6.45) is 1.89. The Balaban J connectivity index is 1.39. The fourth-order valence-corrected chi connectivity index (χ4v) is 5.51. The maximum Gasteiger partial charge on any atom is 0.240 e. The third-order valence-corrected chi connectivity index (χ3v) is 7.44. The summed E-state index contributed by atoms with van der Waals surface area (Å²) in [5.41, 5.74) is 5.09. The molecule has 2 N–H and O–H groups in total. The molecule has 34 heavy (non-hydrogen) atoms. The number of piperazine rings is 1. The van der Waals surface area contributed by atoms with Crippen molar-refractivity contribution in [2.75, 3.05) is 37.7 Å². The molecule has 3 atom stereocenters. The first-order valence-corrected chi connectivity index (χ1v) is 12.3. The highest BCUT2D eigenvalue weighted by atomic mass is 35.5. The van der Waals surface area contributed by atoms with Crippen molar-refractivity contribution in [2.24, 2.45) is 0 Å². The Hall–Kier alpha value is -2.68. The summed E-state index contributed by atoms with van der Waals surface area (Å²) in [6, 6.07) is 11.7. The lowest BCUT2D eigenvalue weighted by Gasteiger charge is -2.42. The number of aliphatic hydroxyl groups excluding tert-OH is 1. The van der Waals surface area contributed by atoms with E-state index in [0.29, 0.717) is 19.6 Å². The predicted octanol–water partition coefficient (Wildman–Crippen LogP) is 2.76. The van der Waals surface area contributed by atoms with E-state index in [-0.39, 0.29) is 30.6 Å². The van der Waals surface area contributed by atoms with Gasteiger partial charge < -0.3 is 20.2 Å². The molecule has 0 saturated carbocycles. The number of nitrogens with one attached hydrogen (secondary N) is 1. The molecule has 0 unspecified atom stereocenters. The van der Waals surface area contributed by atoms with Crippen LogP contribution < -0.4 is 10.2 Å². The van der Waals surface area contributed by atoms with Crippen molar-refractivity contribution >= 4 is 34.2 Å². The highest BCUT2D eigenvalue weighted by Crippen LogP contribution is 2.29. The summed E-state index contributed by atoms with van der Waals surface area (Å²) in [4.78, 5) is 17.1. The zero-order valence-electron chi connectivity index (χ0n) is 19.6. The van der Waals surface area contributed by atoms with Gasteiger partial charge in [-0.25, -0.2) is 4.68 Å². The largest absolute Gasteiger partial charge is 0.394 e. The van der Waals surface area contributed by atoms with Crippen LogP contribution in [-0.2, 0) is 4.79 Å². The van der Waals surface area contributed by atoms with Crippen LogP contribution in [0.1, 0.15) is 36.9 Å². The van der Waals surface area contributed by atoms with E-state index in [9.17, 15) is 9.90 Å². The molecule has 9 heteroatoms. The standard InChI is InChI=1S/C25H31ClN6O2/c1-16-12-18(26)5-7-21(16)17(2)32-24-13-19(6-8-22(24)28-29-32)30-10-11-31(20(14-30)15-33)25(34)23-4-3-9-27-23/h5-8,12-13,17,20,23,27,33H,3-4,9-11,14-15H2,1-2H3/t17-,20+,23-/m1/s1. The van der Waals surface area contributed by atoms with Crippen molar-refractivity contribution in [3.8, 4) is 0 Å². The van der Waals surface area contributed by atoms with E-state index in [1.807, 2.05) is 39.9 Å². The lowest BCUT2D eigenvalue weighted by molar-refractivity contribution is -0.136. The van der Waals surface area contributed by atoms with Gasteiger partial charge in [0, 0.05) is 30.3 Å². The third kappa shape index (κ3) is 4.26. The van der Waals surface area contributed by atoms with Crippen LogP contribution in [0.3, 0.4) is 0 Å². The SMILES string of the molecule is Cc1cc(Cl)ccc1[C@@H](C)n1nnc2ccc(N3CCN(C(=O)[C@H]4CCCN4)[C@H](CO)C3)cc21. The zero-order chi connectivity index (χ0) is 23.8. The summed E-state index contributed by atoms with van der Waals surface area (Å²) < 4.78 is 1.95. The fourth-order valence-electron chi connectivity index (χ4n) is 5.28. The predicted molar refractivity (Wildman–Crippen MR) is 133 cm³/mol. The van der Waals surface area contributed by atoms with Crippen molar-refractivity contribution in [3.63, 3.8) is 0 Å². The van der Waals surface area contributed by atoms with Crippen LogP contribution in [0.5, 0.6) is 0 Å². The van der Waals surface area contributed by atoms with Crippen LogP contribution in [-0.4, -0.2) is 75.8 Å². The van der Waals surface area contributed by atoms with Gasteiger partial charge in [0.05, 0.1) is 30.2 Å². The molecule has 2 aliphatic heterocycles. The number of carbonyl (C=O) groups is 1. The first-order chi connectivity index (χ1) is 16.5. The van der Waals surface area contributed by atoms with Crippen LogP contribution in [0.25, 0.3) is 11.0 Å². The lowest BCUT2D eigenvalue weighted by atomic mass is 10.0. The van der Waals surface area contributed by atoms with Crippen LogP contribution in [0.2, 0.25) is 5.02 Å². The minimum Gasteiger partial charge on any atom is -0.394 e. The third-order valence-electron chi connectivity index (χ3n) is 7.20. The number of aryl methyl sites for hydroxylation is 1. The van der Waals surface area contributed by atoms with Gasteiger partial charge in [-0.3, -0.25) is 4.79 Å². The summed E-state index contributed by atoms with van der Waals surface area (Å²) >= 11 is 6.15. The number of carbonyl (C=O) groups excluding carboxylic acids is 1. The Bertz CT molecular complexity index is 1190. The molecule has 180 valence electrons. The maximum absolute atomic E-state index is 13.0. The minimum absolute atomic E-state index is 0.00362. The number of benzene rings is 2. The number of hydrogen-bond acceptors (Lipinski definition) is 6. The highest BCUT2D eigenvalue weighted by molar-refractivity contribution is 6.30. The van der Waals surface area contributed by atoms with Crippen LogP contribution in [0.4, 0.5) is 5.69 Å². The number of aromatic nitrogens is 3. The summed E-state index contributed by atoms with van der Waals surface area (Å²) in [7, 11) is 0. The van der Waals surface area contributed by atoms with Crippen molar-refractivity contribution in [2.45, 2.75) is 44.8 Å². The number of aliphatic hydroxyl groups is 1. The molecule has 0 radical (unpaired) electrons. The smallest absolute Gasteiger partial charge is 0.240 e. The molecule has 1 amide bonds. The molecule has 5 rings (SSSR count). The molecular formula is C25H31ClN6O2. The van der Waals surface area contributed by atoms with Crippen molar-refractivity contribution in [1.82, 2.24) is 25.2 Å². The topological polar surface area (TPSA) is 86.5 Å². The van der Waals surface area contributed by atoms with Gasteiger partial charge in [0.1, 0.15) is 5.52 Å². The zero-order valence-corrected chi connectivity index (χ0v) is 20.4. The molecule has 3 aromatic rings. The molecule has 2 saturated heterocycles. The fraction of sp³-hybridized carbons (Fsp3) is 0.480. The first-order valence-electron chi connectivity index (χ1n) is 12.0. The molecule has 3 heterocycles. The highest BCUT2D eigenvalue weighted by Gasteiger charge is 2.35. The van der Waals surface area contributed by atoms with E-state index >= 15 is 0 Å². The molecular weight excluding hydrogens is 452 g/mol. The number of amides is 1. The summed E-state index contributed by atoms with van der Waals surface area (Å²) in [6.45, 7) is 6.90. The van der Waals surface area contributed by atoms with Gasteiger partial charge in [-0.05, 0) is 74.7 Å². The second kappa shape index (κ2) is 9.52. The average Bonchev–Trinajstić information content (AvgIpc) is 3.53. The van der Waals surface area contributed by atoms with Gasteiger partial charge in [-0.2, -0.15) is 0 Å². The van der Waals surface area contributed by atoms with Crippen LogP contribution in [0.15, 0.2) is 36.4 Å². The maximum atomic E-state index is 13.0. The average molecular weight is 483 g/mol. The Labute approximate surface area is 204 Å². The van der Waals surface area contributed by atoms with Gasteiger partial charge in [0.25, 0.3) is 0 Å². The van der Waals surface area contributed by atoms with Gasteiger partial charge >= 0.3 is 0 Å². The molecule has 2 fully saturated rings. The minimum atomic E-state index is -0.224. The summed E-state index contributed by atoms with van der Waals surface area (Å²) in [5, 5.41) is 22.9. The van der Waals surface area contributed by atoms with Crippen molar-refractivity contribution in [1.29, 1.82) is 0 Å². The Kier molecular flexibility index (Phi) is 6.46. The number of fused-ring (bicyclic) bond motifs is 1. The molecule has 0 aliphatic carbocycles. The van der Waals surface area contributed by atoms with E-state index in [4.69, 9.17) is 11.6 Å². The monoisotopic (exact) mass is 482 g/mol. The van der Waals surface area contributed by atoms with E-state index in [1.165, 1.54) is 0 Å². The van der Waals surface area contributed by atoms with Crippen molar-refractivity contribution in [3.05, 3.63) is 52.5 Å². The van der Waals surface area contributed by atoms with Gasteiger partial charge in [0.2, 0.25) is 5.91 Å². The normalized spacial score (nSPS) is 21.9. The Morgan fingerprint density at radius 3 is 2.85 bits per heavy atom. The molecule has 2 aliphatic rings. The summed E-state index contributed by atoms with van der Waals surface area (Å²) in [5.74, 6) is 0.112. The molecule has 0 bridgehead atoms. The van der Waals surface area contributed by atoms with Crippen LogP contribution in [0, 0.1) is 6.92 Å². The second-order valence-electron chi connectivity index (χ2n) is 9.35. The molecule has 0 spiro atoms. The van der Waals surface area contributed by atoms with Gasteiger partial charge in [0.15, 0.2) is 0 Å². The molecule has 1 aromatic heterocycles. The van der Waals surface area contributed by atoms with Gasteiger partial charge in [-0.15, -0.1) is 5.10 Å².